The van der Waals surface area contributed by atoms with Crippen LogP contribution in [0.3, 0.4) is 0 Å². The summed E-state index contributed by atoms with van der Waals surface area (Å²) in [5, 5.41) is 4.14. The monoisotopic (exact) mass is 344 g/mol. The van der Waals surface area contributed by atoms with Crippen molar-refractivity contribution in [2.45, 2.75) is 25.8 Å². The van der Waals surface area contributed by atoms with Crippen LogP contribution < -0.4 is 5.32 Å². The van der Waals surface area contributed by atoms with Gasteiger partial charge in [-0.2, -0.15) is 0 Å². The Bertz CT molecular complexity index is 411. The molecule has 2 atom stereocenters. The highest BCUT2D eigenvalue weighted by Gasteiger charge is 2.34. The molecule has 106 valence electrons. The molecule has 2 rings (SSSR count). The molecule has 2 nitrogen and oxygen atoms in total. The SMILES string of the molecule is CCCN1CCC(CNC)C1c1ccc(Br)c(Cl)c1. The van der Waals surface area contributed by atoms with Gasteiger partial charge >= 0.3 is 0 Å². The fraction of sp³-hybridized carbons (Fsp3) is 0.600. The molecule has 1 aliphatic heterocycles. The third-order valence-electron chi connectivity index (χ3n) is 3.89. The summed E-state index contributed by atoms with van der Waals surface area (Å²) in [6, 6.07) is 6.89. The zero-order valence-corrected chi connectivity index (χ0v) is 14.0. The Morgan fingerprint density at radius 2 is 2.26 bits per heavy atom. The predicted molar refractivity (Wildman–Crippen MR) is 85.8 cm³/mol. The van der Waals surface area contributed by atoms with Crippen molar-refractivity contribution in [1.29, 1.82) is 0 Å². The van der Waals surface area contributed by atoms with Crippen molar-refractivity contribution in [2.24, 2.45) is 5.92 Å². The van der Waals surface area contributed by atoms with Gasteiger partial charge in [0.25, 0.3) is 0 Å². The predicted octanol–water partition coefficient (Wildman–Crippen LogP) is 4.09. The first-order valence-corrected chi connectivity index (χ1v) is 8.18. The van der Waals surface area contributed by atoms with Crippen molar-refractivity contribution in [3.05, 3.63) is 33.3 Å². The summed E-state index contributed by atoms with van der Waals surface area (Å²) in [5.74, 6) is 0.675. The summed E-state index contributed by atoms with van der Waals surface area (Å²) in [7, 11) is 2.04. The lowest BCUT2D eigenvalue weighted by Gasteiger charge is -2.28. The van der Waals surface area contributed by atoms with Gasteiger partial charge in [-0.3, -0.25) is 4.90 Å². The number of hydrogen-bond acceptors (Lipinski definition) is 2. The molecule has 19 heavy (non-hydrogen) atoms. The fourth-order valence-electron chi connectivity index (χ4n) is 3.12. The molecule has 0 aliphatic carbocycles. The second kappa shape index (κ2) is 7.07. The van der Waals surface area contributed by atoms with Crippen molar-refractivity contribution in [1.82, 2.24) is 10.2 Å². The van der Waals surface area contributed by atoms with E-state index in [9.17, 15) is 0 Å². The second-order valence-corrected chi connectivity index (χ2v) is 6.52. The van der Waals surface area contributed by atoms with E-state index in [-0.39, 0.29) is 0 Å². The highest BCUT2D eigenvalue weighted by Crippen LogP contribution is 2.38. The summed E-state index contributed by atoms with van der Waals surface area (Å²) >= 11 is 9.73. The Balaban J connectivity index is 2.26. The highest BCUT2D eigenvalue weighted by molar-refractivity contribution is 9.10. The van der Waals surface area contributed by atoms with Gasteiger partial charge in [-0.1, -0.05) is 24.6 Å². The molecule has 0 saturated carbocycles. The van der Waals surface area contributed by atoms with Crippen LogP contribution in [0.25, 0.3) is 0 Å². The van der Waals surface area contributed by atoms with Crippen LogP contribution in [0.2, 0.25) is 5.02 Å². The summed E-state index contributed by atoms with van der Waals surface area (Å²) < 4.78 is 0.975. The van der Waals surface area contributed by atoms with Crippen molar-refractivity contribution in [2.75, 3.05) is 26.7 Å². The van der Waals surface area contributed by atoms with Crippen LogP contribution in [0.5, 0.6) is 0 Å². The average molecular weight is 346 g/mol. The first kappa shape index (κ1) is 15.3. The minimum Gasteiger partial charge on any atom is -0.319 e. The number of rotatable bonds is 5. The second-order valence-electron chi connectivity index (χ2n) is 5.26. The maximum absolute atomic E-state index is 6.26. The molecule has 2 unspecified atom stereocenters. The minimum absolute atomic E-state index is 0.498. The summed E-state index contributed by atoms with van der Waals surface area (Å²) in [6.07, 6.45) is 2.46. The van der Waals surface area contributed by atoms with Gasteiger partial charge in [-0.05, 0) is 79.1 Å². The van der Waals surface area contributed by atoms with Crippen LogP contribution in [-0.4, -0.2) is 31.6 Å². The van der Waals surface area contributed by atoms with Gasteiger partial charge in [0.1, 0.15) is 0 Å². The molecule has 1 saturated heterocycles. The van der Waals surface area contributed by atoms with E-state index in [1.165, 1.54) is 31.5 Å². The molecule has 4 heteroatoms. The van der Waals surface area contributed by atoms with Gasteiger partial charge in [0.2, 0.25) is 0 Å². The molecule has 1 aromatic carbocycles. The third-order valence-corrected chi connectivity index (χ3v) is 5.12. The molecule has 1 N–H and O–H groups in total. The Morgan fingerprint density at radius 1 is 1.47 bits per heavy atom. The van der Waals surface area contributed by atoms with Crippen LogP contribution >= 0.6 is 27.5 Å². The minimum atomic E-state index is 0.498. The largest absolute Gasteiger partial charge is 0.319 e. The average Bonchev–Trinajstić information content (AvgIpc) is 2.77. The molecule has 1 aliphatic rings. The van der Waals surface area contributed by atoms with Crippen LogP contribution in [0.4, 0.5) is 0 Å². The lowest BCUT2D eigenvalue weighted by atomic mass is 9.93. The fourth-order valence-corrected chi connectivity index (χ4v) is 3.56. The van der Waals surface area contributed by atoms with Gasteiger partial charge in [0, 0.05) is 10.5 Å². The van der Waals surface area contributed by atoms with E-state index in [0.717, 1.165) is 16.0 Å². The zero-order valence-electron chi connectivity index (χ0n) is 11.6. The topological polar surface area (TPSA) is 15.3 Å². The number of likely N-dealkylation sites (tertiary alicyclic amines) is 1. The Morgan fingerprint density at radius 3 is 2.89 bits per heavy atom. The van der Waals surface area contributed by atoms with Crippen LogP contribution in [-0.2, 0) is 0 Å². The smallest absolute Gasteiger partial charge is 0.0551 e. The highest BCUT2D eigenvalue weighted by atomic mass is 79.9. The molecular weight excluding hydrogens is 324 g/mol. The number of nitrogens with one attached hydrogen (secondary N) is 1. The maximum Gasteiger partial charge on any atom is 0.0551 e. The van der Waals surface area contributed by atoms with Gasteiger partial charge in [0.15, 0.2) is 0 Å². The van der Waals surface area contributed by atoms with E-state index in [1.54, 1.807) is 0 Å². The van der Waals surface area contributed by atoms with E-state index in [0.29, 0.717) is 12.0 Å². The van der Waals surface area contributed by atoms with Crippen molar-refractivity contribution in [3.8, 4) is 0 Å². The number of hydrogen-bond donors (Lipinski definition) is 1. The molecule has 0 amide bonds. The lowest BCUT2D eigenvalue weighted by molar-refractivity contribution is 0.227. The van der Waals surface area contributed by atoms with E-state index in [4.69, 9.17) is 11.6 Å². The molecule has 0 radical (unpaired) electrons. The van der Waals surface area contributed by atoms with Crippen LogP contribution in [0, 0.1) is 5.92 Å². The first-order valence-electron chi connectivity index (χ1n) is 7.01. The Kier molecular flexibility index (Phi) is 5.70. The number of benzene rings is 1. The van der Waals surface area contributed by atoms with Crippen molar-refractivity contribution < 1.29 is 0 Å². The third kappa shape index (κ3) is 3.52. The van der Waals surface area contributed by atoms with E-state index < -0.39 is 0 Å². The quantitative estimate of drug-likeness (QED) is 0.864. The number of halogens is 2. The van der Waals surface area contributed by atoms with Crippen LogP contribution in [0.15, 0.2) is 22.7 Å². The summed E-state index contributed by atoms with van der Waals surface area (Å²) in [5.41, 5.74) is 1.35. The van der Waals surface area contributed by atoms with Gasteiger partial charge in [-0.25, -0.2) is 0 Å². The molecule has 0 bridgehead atoms. The molecule has 1 fully saturated rings. The van der Waals surface area contributed by atoms with Crippen LogP contribution in [0.1, 0.15) is 31.4 Å². The molecule has 0 aromatic heterocycles. The molecule has 0 spiro atoms. The van der Waals surface area contributed by atoms with Crippen molar-refractivity contribution >= 4 is 27.5 Å². The molecular formula is C15H22BrClN2. The van der Waals surface area contributed by atoms with E-state index >= 15 is 0 Å². The van der Waals surface area contributed by atoms with E-state index in [2.05, 4.69) is 51.3 Å². The van der Waals surface area contributed by atoms with Crippen molar-refractivity contribution in [3.63, 3.8) is 0 Å². The van der Waals surface area contributed by atoms with Gasteiger partial charge < -0.3 is 5.32 Å². The van der Waals surface area contributed by atoms with E-state index in [1.807, 2.05) is 7.05 Å². The normalized spacial score (nSPS) is 24.0. The maximum atomic E-state index is 6.26. The molecule has 1 aromatic rings. The Hall–Kier alpha value is -0.0900. The Labute approximate surface area is 129 Å². The first-order chi connectivity index (χ1) is 9.17. The summed E-state index contributed by atoms with van der Waals surface area (Å²) in [4.78, 5) is 2.60. The molecule has 1 heterocycles. The zero-order chi connectivity index (χ0) is 13.8. The summed E-state index contributed by atoms with van der Waals surface area (Å²) in [6.45, 7) is 5.67. The standard InChI is InChI=1S/C15H22BrClN2/c1-3-7-19-8-6-12(10-18-2)15(19)11-4-5-13(16)14(17)9-11/h4-5,9,12,15,18H,3,6-8,10H2,1-2H3. The number of nitrogens with zero attached hydrogens (tertiary/aromatic N) is 1. The van der Waals surface area contributed by atoms with Gasteiger partial charge in [-0.15, -0.1) is 0 Å². The lowest BCUT2D eigenvalue weighted by Crippen LogP contribution is -2.29. The van der Waals surface area contributed by atoms with Gasteiger partial charge in [0.05, 0.1) is 5.02 Å².